The van der Waals surface area contributed by atoms with Gasteiger partial charge in [0.2, 0.25) is 0 Å². The molecule has 0 bridgehead atoms. The Bertz CT molecular complexity index is 647. The van der Waals surface area contributed by atoms with Crippen molar-refractivity contribution >= 4 is 31.9 Å². The summed E-state index contributed by atoms with van der Waals surface area (Å²) in [5.41, 5.74) is -0.147. The normalized spacial score (nSPS) is 12.6. The largest absolute Gasteiger partial charge is 0.207 e. The number of hydrogen-bond acceptors (Lipinski definition) is 0. The number of halogens is 6. The van der Waals surface area contributed by atoms with Gasteiger partial charge in [-0.2, -0.15) is 0 Å². The molecular formula is C14H8Br2F4. The molecule has 1 atom stereocenters. The summed E-state index contributed by atoms with van der Waals surface area (Å²) in [5, 5.41) is 0. The molecule has 2 rings (SSSR count). The first-order valence-electron chi connectivity index (χ1n) is 5.55. The maximum absolute atomic E-state index is 13.9. The zero-order valence-corrected chi connectivity index (χ0v) is 13.3. The topological polar surface area (TPSA) is 0 Å². The van der Waals surface area contributed by atoms with Crippen molar-refractivity contribution in [1.82, 2.24) is 0 Å². The lowest BCUT2D eigenvalue weighted by atomic mass is 10.0. The van der Waals surface area contributed by atoms with Crippen molar-refractivity contribution in [2.75, 3.05) is 0 Å². The standard InChI is InChI=1S/C14H8Br2F4/c1-6-2-8(10(18)5-9(6)17)14(16)13-11(19)3-7(15)4-12(13)20/h2-5,14H,1H3. The summed E-state index contributed by atoms with van der Waals surface area (Å²) in [6.07, 6.45) is 0. The van der Waals surface area contributed by atoms with E-state index in [1.165, 1.54) is 13.0 Å². The average molecular weight is 412 g/mol. The van der Waals surface area contributed by atoms with E-state index in [9.17, 15) is 17.6 Å². The molecule has 0 N–H and O–H groups in total. The van der Waals surface area contributed by atoms with Gasteiger partial charge in [0.05, 0.1) is 4.83 Å². The van der Waals surface area contributed by atoms with Gasteiger partial charge in [0.1, 0.15) is 23.3 Å². The number of rotatable bonds is 2. The smallest absolute Gasteiger partial charge is 0.131 e. The highest BCUT2D eigenvalue weighted by molar-refractivity contribution is 9.10. The summed E-state index contributed by atoms with van der Waals surface area (Å²) in [4.78, 5) is -1.05. The van der Waals surface area contributed by atoms with Gasteiger partial charge >= 0.3 is 0 Å². The summed E-state index contributed by atoms with van der Waals surface area (Å²) in [7, 11) is 0. The maximum Gasteiger partial charge on any atom is 0.131 e. The van der Waals surface area contributed by atoms with Crippen molar-refractivity contribution in [3.05, 3.63) is 68.7 Å². The Kier molecular flexibility index (Phi) is 4.54. The molecule has 0 heterocycles. The van der Waals surface area contributed by atoms with E-state index >= 15 is 0 Å². The molecule has 2 aromatic carbocycles. The first kappa shape index (κ1) is 15.5. The first-order valence-corrected chi connectivity index (χ1v) is 7.26. The molecule has 0 spiro atoms. The zero-order chi connectivity index (χ0) is 15.0. The van der Waals surface area contributed by atoms with Gasteiger partial charge < -0.3 is 0 Å². The van der Waals surface area contributed by atoms with Crippen LogP contribution in [0.4, 0.5) is 17.6 Å². The van der Waals surface area contributed by atoms with Crippen molar-refractivity contribution in [3.8, 4) is 0 Å². The Morgan fingerprint density at radius 1 is 0.850 bits per heavy atom. The van der Waals surface area contributed by atoms with Crippen LogP contribution in [0.15, 0.2) is 28.7 Å². The molecule has 0 aliphatic carbocycles. The maximum atomic E-state index is 13.9. The fraction of sp³-hybridized carbons (Fsp3) is 0.143. The van der Waals surface area contributed by atoms with Gasteiger partial charge in [-0.3, -0.25) is 0 Å². The minimum absolute atomic E-state index is 0.0241. The molecule has 1 unspecified atom stereocenters. The minimum atomic E-state index is -1.05. The van der Waals surface area contributed by atoms with Crippen LogP contribution in [0, 0.1) is 30.2 Å². The molecule has 0 nitrogen and oxygen atoms in total. The Labute approximate surface area is 130 Å². The Hall–Kier alpha value is -0.880. The molecular weight excluding hydrogens is 404 g/mol. The molecule has 2 aromatic rings. The molecule has 0 amide bonds. The highest BCUT2D eigenvalue weighted by atomic mass is 79.9. The highest BCUT2D eigenvalue weighted by Crippen LogP contribution is 2.37. The van der Waals surface area contributed by atoms with Crippen LogP contribution in [0.1, 0.15) is 21.5 Å². The second-order valence-electron chi connectivity index (χ2n) is 4.27. The second kappa shape index (κ2) is 5.85. The van der Waals surface area contributed by atoms with Gasteiger partial charge in [-0.25, -0.2) is 17.6 Å². The monoisotopic (exact) mass is 410 g/mol. The predicted molar refractivity (Wildman–Crippen MR) is 75.9 cm³/mol. The van der Waals surface area contributed by atoms with Crippen molar-refractivity contribution in [1.29, 1.82) is 0 Å². The van der Waals surface area contributed by atoms with Crippen LogP contribution < -0.4 is 0 Å². The highest BCUT2D eigenvalue weighted by Gasteiger charge is 2.23. The third kappa shape index (κ3) is 2.91. The fourth-order valence-electron chi connectivity index (χ4n) is 1.82. The summed E-state index contributed by atoms with van der Waals surface area (Å²) in [5.74, 6) is -3.21. The molecule has 0 saturated carbocycles. The van der Waals surface area contributed by atoms with Crippen LogP contribution in [0.5, 0.6) is 0 Å². The molecule has 0 aliphatic heterocycles. The van der Waals surface area contributed by atoms with Crippen LogP contribution >= 0.6 is 31.9 Å². The third-order valence-corrected chi connectivity index (χ3v) is 4.26. The number of hydrogen-bond donors (Lipinski definition) is 0. The third-order valence-electron chi connectivity index (χ3n) is 2.85. The summed E-state index contributed by atoms with van der Waals surface area (Å²) in [6.45, 7) is 1.45. The first-order chi connectivity index (χ1) is 9.31. The van der Waals surface area contributed by atoms with E-state index in [0.717, 1.165) is 12.1 Å². The van der Waals surface area contributed by atoms with Gasteiger partial charge in [0.25, 0.3) is 0 Å². The van der Waals surface area contributed by atoms with E-state index in [4.69, 9.17) is 0 Å². The molecule has 0 aliphatic rings. The lowest BCUT2D eigenvalue weighted by molar-refractivity contribution is 0.548. The molecule has 20 heavy (non-hydrogen) atoms. The average Bonchev–Trinajstić information content (AvgIpc) is 2.32. The quantitative estimate of drug-likeness (QED) is 0.432. The van der Waals surface area contributed by atoms with E-state index in [-0.39, 0.29) is 21.2 Å². The van der Waals surface area contributed by atoms with Gasteiger partial charge in [-0.1, -0.05) is 31.9 Å². The van der Waals surface area contributed by atoms with E-state index < -0.39 is 28.1 Å². The van der Waals surface area contributed by atoms with E-state index in [2.05, 4.69) is 31.9 Å². The Morgan fingerprint density at radius 2 is 1.40 bits per heavy atom. The fourth-order valence-corrected chi connectivity index (χ4v) is 3.01. The van der Waals surface area contributed by atoms with E-state index in [1.54, 1.807) is 0 Å². The molecule has 106 valence electrons. The van der Waals surface area contributed by atoms with Crippen LogP contribution in [-0.2, 0) is 0 Å². The summed E-state index contributed by atoms with van der Waals surface area (Å²) in [6, 6.07) is 4.10. The van der Waals surface area contributed by atoms with Crippen molar-refractivity contribution in [3.63, 3.8) is 0 Å². The van der Waals surface area contributed by atoms with Crippen LogP contribution in [0.25, 0.3) is 0 Å². The van der Waals surface area contributed by atoms with Crippen molar-refractivity contribution in [2.24, 2.45) is 0 Å². The Balaban J connectivity index is 2.57. The van der Waals surface area contributed by atoms with Gasteiger partial charge in [0, 0.05) is 21.7 Å². The van der Waals surface area contributed by atoms with Crippen LogP contribution in [0.2, 0.25) is 0 Å². The minimum Gasteiger partial charge on any atom is -0.207 e. The number of aryl methyl sites for hydroxylation is 1. The molecule has 0 saturated heterocycles. The van der Waals surface area contributed by atoms with Gasteiger partial charge in [-0.05, 0) is 30.7 Å². The molecule has 0 aromatic heterocycles. The van der Waals surface area contributed by atoms with Gasteiger partial charge in [-0.15, -0.1) is 0 Å². The van der Waals surface area contributed by atoms with E-state index in [1.807, 2.05) is 0 Å². The zero-order valence-electron chi connectivity index (χ0n) is 10.2. The SMILES string of the molecule is Cc1cc(C(Br)c2c(F)cc(Br)cc2F)c(F)cc1F. The second-order valence-corrected chi connectivity index (χ2v) is 6.10. The molecule has 0 radical (unpaired) electrons. The van der Waals surface area contributed by atoms with Crippen molar-refractivity contribution < 1.29 is 17.6 Å². The Morgan fingerprint density at radius 3 is 1.95 bits per heavy atom. The predicted octanol–water partition coefficient (Wildman–Crippen LogP) is 5.80. The lowest BCUT2D eigenvalue weighted by Gasteiger charge is -2.15. The summed E-state index contributed by atoms with van der Waals surface area (Å²) < 4.78 is 55.0. The lowest BCUT2D eigenvalue weighted by Crippen LogP contribution is -2.04. The van der Waals surface area contributed by atoms with Crippen LogP contribution in [0.3, 0.4) is 0 Å². The van der Waals surface area contributed by atoms with E-state index in [0.29, 0.717) is 6.07 Å². The molecule has 6 heteroatoms. The van der Waals surface area contributed by atoms with Gasteiger partial charge in [0.15, 0.2) is 0 Å². The molecule has 0 fully saturated rings. The van der Waals surface area contributed by atoms with Crippen molar-refractivity contribution in [2.45, 2.75) is 11.8 Å². The van der Waals surface area contributed by atoms with Crippen LogP contribution in [-0.4, -0.2) is 0 Å². The number of benzene rings is 2. The number of alkyl halides is 1. The summed E-state index contributed by atoms with van der Waals surface area (Å²) >= 11 is 6.04.